The standard InChI is InChI=1S/C25H31ClN4O2/c1-19-5-10-22(26)17-23(19)28-13-15-30(16-14-28)25(32)27-18-20-6-8-21(9-7-20)24(31)29-11-3-2-4-12-29/h5-10,17H,2-4,11-16,18H2,1H3,(H,27,32). The molecule has 0 atom stereocenters. The Morgan fingerprint density at radius 2 is 1.56 bits per heavy atom. The molecule has 3 amide bonds. The molecule has 2 heterocycles. The average Bonchev–Trinajstić information content (AvgIpc) is 2.84. The summed E-state index contributed by atoms with van der Waals surface area (Å²) in [5.41, 5.74) is 4.03. The topological polar surface area (TPSA) is 55.9 Å². The summed E-state index contributed by atoms with van der Waals surface area (Å²) in [5.74, 6) is 0.105. The number of likely N-dealkylation sites (tertiary alicyclic amines) is 1. The number of carbonyl (C=O) groups excluding carboxylic acids is 2. The van der Waals surface area contributed by atoms with Crippen molar-refractivity contribution < 1.29 is 9.59 Å². The number of urea groups is 1. The summed E-state index contributed by atoms with van der Waals surface area (Å²) >= 11 is 6.16. The van der Waals surface area contributed by atoms with Crippen LogP contribution in [-0.4, -0.2) is 61.0 Å². The summed E-state index contributed by atoms with van der Waals surface area (Å²) in [5, 5.41) is 3.74. The lowest BCUT2D eigenvalue weighted by Gasteiger charge is -2.36. The normalized spacial score (nSPS) is 16.8. The van der Waals surface area contributed by atoms with E-state index in [0.717, 1.165) is 60.9 Å². The van der Waals surface area contributed by atoms with Gasteiger partial charge >= 0.3 is 6.03 Å². The van der Waals surface area contributed by atoms with Crippen LogP contribution in [0.4, 0.5) is 10.5 Å². The zero-order chi connectivity index (χ0) is 22.5. The fraction of sp³-hybridized carbons (Fsp3) is 0.440. The van der Waals surface area contributed by atoms with Crippen LogP contribution in [0.3, 0.4) is 0 Å². The van der Waals surface area contributed by atoms with Crippen LogP contribution < -0.4 is 10.2 Å². The zero-order valence-electron chi connectivity index (χ0n) is 18.6. The summed E-state index contributed by atoms with van der Waals surface area (Å²) in [6, 6.07) is 13.5. The van der Waals surface area contributed by atoms with Crippen LogP contribution in [0, 0.1) is 6.92 Å². The lowest BCUT2D eigenvalue weighted by Crippen LogP contribution is -2.51. The molecule has 0 aromatic heterocycles. The maximum Gasteiger partial charge on any atom is 0.317 e. The number of amides is 3. The third kappa shape index (κ3) is 5.36. The number of nitrogens with zero attached hydrogens (tertiary/aromatic N) is 3. The van der Waals surface area contributed by atoms with Crippen molar-refractivity contribution in [2.75, 3.05) is 44.2 Å². The molecule has 0 spiro atoms. The number of anilines is 1. The average molecular weight is 455 g/mol. The van der Waals surface area contributed by atoms with E-state index in [1.165, 1.54) is 12.0 Å². The van der Waals surface area contributed by atoms with Crippen molar-refractivity contribution in [3.8, 4) is 0 Å². The SMILES string of the molecule is Cc1ccc(Cl)cc1N1CCN(C(=O)NCc2ccc(C(=O)N3CCCCC3)cc2)CC1. The summed E-state index contributed by atoms with van der Waals surface area (Å²) in [6.07, 6.45) is 3.38. The second-order valence-corrected chi connectivity index (χ2v) is 9.05. The molecule has 0 bridgehead atoms. The molecule has 1 N–H and O–H groups in total. The Balaban J connectivity index is 1.25. The summed E-state index contributed by atoms with van der Waals surface area (Å²) in [7, 11) is 0. The molecule has 0 radical (unpaired) electrons. The van der Waals surface area contributed by atoms with Crippen molar-refractivity contribution in [3.05, 3.63) is 64.2 Å². The molecule has 2 aromatic carbocycles. The highest BCUT2D eigenvalue weighted by molar-refractivity contribution is 6.30. The van der Waals surface area contributed by atoms with Crippen LogP contribution in [0.2, 0.25) is 5.02 Å². The maximum absolute atomic E-state index is 12.6. The lowest BCUT2D eigenvalue weighted by molar-refractivity contribution is 0.0724. The molecule has 4 rings (SSSR count). The van der Waals surface area contributed by atoms with Crippen molar-refractivity contribution in [1.29, 1.82) is 0 Å². The first kappa shape index (κ1) is 22.5. The summed E-state index contributed by atoms with van der Waals surface area (Å²) in [4.78, 5) is 31.3. The Labute approximate surface area is 195 Å². The van der Waals surface area contributed by atoms with Gasteiger partial charge in [-0.2, -0.15) is 0 Å². The van der Waals surface area contributed by atoms with Crippen LogP contribution in [0.15, 0.2) is 42.5 Å². The molecule has 2 aromatic rings. The number of aryl methyl sites for hydroxylation is 1. The molecule has 0 unspecified atom stereocenters. The van der Waals surface area contributed by atoms with Crippen LogP contribution in [0.25, 0.3) is 0 Å². The molecular formula is C25H31ClN4O2. The first-order valence-corrected chi connectivity index (χ1v) is 11.8. The van der Waals surface area contributed by atoms with E-state index < -0.39 is 0 Å². The van der Waals surface area contributed by atoms with Gasteiger partial charge in [-0.3, -0.25) is 4.79 Å². The van der Waals surface area contributed by atoms with E-state index in [9.17, 15) is 9.59 Å². The number of rotatable bonds is 4. The van der Waals surface area contributed by atoms with Gasteiger partial charge in [0.2, 0.25) is 0 Å². The fourth-order valence-electron chi connectivity index (χ4n) is 4.41. The molecule has 170 valence electrons. The molecule has 2 fully saturated rings. The minimum Gasteiger partial charge on any atom is -0.368 e. The Bertz CT molecular complexity index is 949. The van der Waals surface area contributed by atoms with Gasteiger partial charge in [0, 0.05) is 62.1 Å². The van der Waals surface area contributed by atoms with Crippen LogP contribution in [0.1, 0.15) is 40.7 Å². The third-order valence-electron chi connectivity index (χ3n) is 6.37. The van der Waals surface area contributed by atoms with E-state index in [4.69, 9.17) is 11.6 Å². The van der Waals surface area contributed by atoms with E-state index in [2.05, 4.69) is 17.1 Å². The second kappa shape index (κ2) is 10.3. The smallest absolute Gasteiger partial charge is 0.317 e. The van der Waals surface area contributed by atoms with Gasteiger partial charge in [0.25, 0.3) is 5.91 Å². The zero-order valence-corrected chi connectivity index (χ0v) is 19.4. The Hall–Kier alpha value is -2.73. The molecule has 2 saturated heterocycles. The minimum atomic E-state index is -0.0547. The largest absolute Gasteiger partial charge is 0.368 e. The van der Waals surface area contributed by atoms with Gasteiger partial charge in [0.1, 0.15) is 0 Å². The van der Waals surface area contributed by atoms with Gasteiger partial charge < -0.3 is 20.0 Å². The van der Waals surface area contributed by atoms with Gasteiger partial charge in [-0.15, -0.1) is 0 Å². The van der Waals surface area contributed by atoms with Gasteiger partial charge in [0.05, 0.1) is 0 Å². The van der Waals surface area contributed by atoms with E-state index in [1.54, 1.807) is 0 Å². The van der Waals surface area contributed by atoms with Crippen molar-refractivity contribution in [3.63, 3.8) is 0 Å². The highest BCUT2D eigenvalue weighted by Crippen LogP contribution is 2.25. The van der Waals surface area contributed by atoms with Gasteiger partial charge in [-0.1, -0.05) is 29.8 Å². The number of nitrogens with one attached hydrogen (secondary N) is 1. The van der Waals surface area contributed by atoms with Crippen molar-refractivity contribution >= 4 is 29.2 Å². The summed E-state index contributed by atoms with van der Waals surface area (Å²) < 4.78 is 0. The van der Waals surface area contributed by atoms with Gasteiger partial charge in [-0.25, -0.2) is 4.79 Å². The molecular weight excluding hydrogens is 424 g/mol. The molecule has 0 saturated carbocycles. The predicted octanol–water partition coefficient (Wildman–Crippen LogP) is 4.31. The molecule has 0 aliphatic carbocycles. The first-order chi connectivity index (χ1) is 15.5. The molecule has 6 nitrogen and oxygen atoms in total. The number of piperidine rings is 1. The van der Waals surface area contributed by atoms with E-state index in [1.807, 2.05) is 52.3 Å². The Kier molecular flexibility index (Phi) is 7.20. The lowest BCUT2D eigenvalue weighted by atomic mass is 10.1. The summed E-state index contributed by atoms with van der Waals surface area (Å²) in [6.45, 7) is 7.12. The van der Waals surface area contributed by atoms with Crippen LogP contribution >= 0.6 is 11.6 Å². The van der Waals surface area contributed by atoms with Crippen LogP contribution in [-0.2, 0) is 6.54 Å². The van der Waals surface area contributed by atoms with Crippen molar-refractivity contribution in [2.24, 2.45) is 0 Å². The van der Waals surface area contributed by atoms with E-state index >= 15 is 0 Å². The highest BCUT2D eigenvalue weighted by atomic mass is 35.5. The van der Waals surface area contributed by atoms with Crippen molar-refractivity contribution in [1.82, 2.24) is 15.1 Å². The maximum atomic E-state index is 12.6. The van der Waals surface area contributed by atoms with Gasteiger partial charge in [-0.05, 0) is 61.6 Å². The monoisotopic (exact) mass is 454 g/mol. The van der Waals surface area contributed by atoms with E-state index in [-0.39, 0.29) is 11.9 Å². The molecule has 32 heavy (non-hydrogen) atoms. The number of piperazine rings is 1. The van der Waals surface area contributed by atoms with E-state index in [0.29, 0.717) is 19.6 Å². The first-order valence-electron chi connectivity index (χ1n) is 11.4. The molecule has 2 aliphatic heterocycles. The number of carbonyl (C=O) groups is 2. The quantitative estimate of drug-likeness (QED) is 0.749. The molecule has 2 aliphatic rings. The minimum absolute atomic E-state index is 0.0547. The number of hydrogen-bond acceptors (Lipinski definition) is 3. The number of halogens is 1. The number of hydrogen-bond donors (Lipinski definition) is 1. The Morgan fingerprint density at radius 1 is 0.875 bits per heavy atom. The fourth-order valence-corrected chi connectivity index (χ4v) is 4.57. The Morgan fingerprint density at radius 3 is 2.25 bits per heavy atom. The number of benzene rings is 2. The van der Waals surface area contributed by atoms with Gasteiger partial charge in [0.15, 0.2) is 0 Å². The second-order valence-electron chi connectivity index (χ2n) is 8.61. The highest BCUT2D eigenvalue weighted by Gasteiger charge is 2.22. The predicted molar refractivity (Wildman–Crippen MR) is 128 cm³/mol. The molecule has 7 heteroatoms. The van der Waals surface area contributed by atoms with Crippen molar-refractivity contribution in [2.45, 2.75) is 32.7 Å². The third-order valence-corrected chi connectivity index (χ3v) is 6.60. The van der Waals surface area contributed by atoms with Crippen LogP contribution in [0.5, 0.6) is 0 Å².